The zero-order valence-electron chi connectivity index (χ0n) is 13.8. The number of aromatic hydroxyl groups is 1. The van der Waals surface area contributed by atoms with E-state index in [0.717, 1.165) is 19.3 Å². The minimum absolute atomic E-state index is 0.0401. The Morgan fingerprint density at radius 2 is 1.67 bits per heavy atom. The van der Waals surface area contributed by atoms with Crippen LogP contribution in [0.3, 0.4) is 0 Å². The van der Waals surface area contributed by atoms with Gasteiger partial charge in [-0.2, -0.15) is 4.39 Å². The summed E-state index contributed by atoms with van der Waals surface area (Å²) >= 11 is 0. The predicted octanol–water partition coefficient (Wildman–Crippen LogP) is 4.87. The summed E-state index contributed by atoms with van der Waals surface area (Å²) in [5.74, 6) is -3.41. The molecule has 1 heterocycles. The summed E-state index contributed by atoms with van der Waals surface area (Å²) in [5, 5.41) is 9.74. The van der Waals surface area contributed by atoms with Gasteiger partial charge in [0.25, 0.3) is 0 Å². The van der Waals surface area contributed by atoms with Crippen LogP contribution in [-0.2, 0) is 0 Å². The number of phenols is 1. The topological polar surface area (TPSA) is 55.2 Å². The lowest BCUT2D eigenvalue weighted by molar-refractivity contribution is 0.281. The lowest BCUT2D eigenvalue weighted by atomic mass is 10.1. The van der Waals surface area contributed by atoms with Gasteiger partial charge < -0.3 is 9.84 Å². The Hall–Kier alpha value is -2.24. The predicted molar refractivity (Wildman–Crippen MR) is 87.9 cm³/mol. The van der Waals surface area contributed by atoms with Crippen LogP contribution in [0.5, 0.6) is 11.5 Å². The van der Waals surface area contributed by atoms with Crippen molar-refractivity contribution in [2.24, 2.45) is 0 Å². The molecule has 6 heteroatoms. The second-order valence-electron chi connectivity index (χ2n) is 5.59. The van der Waals surface area contributed by atoms with E-state index in [9.17, 15) is 13.9 Å². The molecule has 0 radical (unpaired) electrons. The molecule has 1 aromatic heterocycles. The summed E-state index contributed by atoms with van der Waals surface area (Å²) in [6, 6.07) is 2.81. The highest BCUT2D eigenvalue weighted by Crippen LogP contribution is 2.36. The van der Waals surface area contributed by atoms with Gasteiger partial charge in [-0.1, -0.05) is 39.0 Å². The molecular weight excluding hydrogens is 314 g/mol. The highest BCUT2D eigenvalue weighted by atomic mass is 19.2. The Labute approximate surface area is 140 Å². The quantitative estimate of drug-likeness (QED) is 0.664. The Bertz CT molecular complexity index is 651. The first-order valence-electron chi connectivity index (χ1n) is 8.26. The minimum atomic E-state index is -1.35. The fourth-order valence-corrected chi connectivity index (χ4v) is 2.37. The number of benzene rings is 1. The Balaban J connectivity index is 2.03. The molecule has 4 nitrogen and oxygen atoms in total. The van der Waals surface area contributed by atoms with Crippen LogP contribution in [0, 0.1) is 11.6 Å². The summed E-state index contributed by atoms with van der Waals surface area (Å²) < 4.78 is 33.3. The first-order chi connectivity index (χ1) is 11.6. The third-order valence-corrected chi connectivity index (χ3v) is 3.71. The summed E-state index contributed by atoms with van der Waals surface area (Å²) in [7, 11) is 0. The third kappa shape index (κ3) is 4.63. The summed E-state index contributed by atoms with van der Waals surface area (Å²) in [6.07, 6.45) is 9.35. The van der Waals surface area contributed by atoms with E-state index in [1.54, 1.807) is 6.07 Å². The molecule has 24 heavy (non-hydrogen) atoms. The molecule has 0 amide bonds. The van der Waals surface area contributed by atoms with Gasteiger partial charge >= 0.3 is 0 Å². The van der Waals surface area contributed by atoms with Crippen molar-refractivity contribution in [3.05, 3.63) is 36.2 Å². The number of phenolic OH excluding ortho intramolecular Hbond substituents is 1. The minimum Gasteiger partial charge on any atom is -0.502 e. The number of hydrogen-bond acceptors (Lipinski definition) is 4. The Morgan fingerprint density at radius 1 is 1.00 bits per heavy atom. The molecule has 0 atom stereocenters. The van der Waals surface area contributed by atoms with Gasteiger partial charge in [0.2, 0.25) is 5.82 Å². The van der Waals surface area contributed by atoms with Crippen LogP contribution in [-0.4, -0.2) is 21.7 Å². The fraction of sp³-hybridized carbons (Fsp3) is 0.444. The summed E-state index contributed by atoms with van der Waals surface area (Å²) in [5.41, 5.74) is -0.135. The van der Waals surface area contributed by atoms with E-state index in [0.29, 0.717) is 6.61 Å². The number of halogens is 2. The SMILES string of the molecule is CCCCCCCCOc1cc(-c2ncccn2)c(F)c(F)c1O. The van der Waals surface area contributed by atoms with Gasteiger partial charge in [-0.05, 0) is 18.6 Å². The maximum absolute atomic E-state index is 14.0. The van der Waals surface area contributed by atoms with Crippen LogP contribution in [0.15, 0.2) is 24.5 Å². The largest absolute Gasteiger partial charge is 0.502 e. The van der Waals surface area contributed by atoms with Crippen molar-refractivity contribution in [1.29, 1.82) is 0 Å². The van der Waals surface area contributed by atoms with E-state index in [1.807, 2.05) is 0 Å². The Kier molecular flexibility index (Phi) is 6.90. The number of hydrogen-bond donors (Lipinski definition) is 1. The molecule has 0 aliphatic rings. The molecule has 2 aromatic rings. The van der Waals surface area contributed by atoms with Crippen molar-refractivity contribution in [2.45, 2.75) is 45.4 Å². The summed E-state index contributed by atoms with van der Waals surface area (Å²) in [4.78, 5) is 7.81. The molecule has 130 valence electrons. The van der Waals surface area contributed by atoms with Crippen molar-refractivity contribution >= 4 is 0 Å². The normalized spacial score (nSPS) is 10.8. The van der Waals surface area contributed by atoms with Crippen LogP contribution < -0.4 is 4.74 Å². The van der Waals surface area contributed by atoms with E-state index in [1.165, 1.54) is 37.7 Å². The number of rotatable bonds is 9. The van der Waals surface area contributed by atoms with E-state index in [2.05, 4.69) is 16.9 Å². The molecule has 1 N–H and O–H groups in total. The van der Waals surface area contributed by atoms with Crippen LogP contribution in [0.4, 0.5) is 8.78 Å². The molecule has 1 aromatic carbocycles. The van der Waals surface area contributed by atoms with Crippen LogP contribution in [0.1, 0.15) is 45.4 Å². The van der Waals surface area contributed by atoms with Crippen molar-refractivity contribution < 1.29 is 18.6 Å². The monoisotopic (exact) mass is 336 g/mol. The summed E-state index contributed by atoms with van der Waals surface area (Å²) in [6.45, 7) is 2.49. The van der Waals surface area contributed by atoms with Gasteiger partial charge in [0.15, 0.2) is 23.1 Å². The van der Waals surface area contributed by atoms with Gasteiger partial charge in [-0.25, -0.2) is 14.4 Å². The Morgan fingerprint density at radius 3 is 2.38 bits per heavy atom. The highest BCUT2D eigenvalue weighted by Gasteiger charge is 2.21. The lowest BCUT2D eigenvalue weighted by Gasteiger charge is -2.11. The van der Waals surface area contributed by atoms with E-state index in [4.69, 9.17) is 4.74 Å². The second kappa shape index (κ2) is 9.15. The van der Waals surface area contributed by atoms with Gasteiger partial charge in [0, 0.05) is 12.4 Å². The molecule has 0 spiro atoms. The average molecular weight is 336 g/mol. The molecule has 2 rings (SSSR count). The number of unbranched alkanes of at least 4 members (excludes halogenated alkanes) is 5. The molecule has 0 fully saturated rings. The third-order valence-electron chi connectivity index (χ3n) is 3.71. The fourth-order valence-electron chi connectivity index (χ4n) is 2.37. The van der Waals surface area contributed by atoms with Crippen LogP contribution >= 0.6 is 0 Å². The zero-order valence-corrected chi connectivity index (χ0v) is 13.8. The first-order valence-corrected chi connectivity index (χ1v) is 8.26. The van der Waals surface area contributed by atoms with Crippen molar-refractivity contribution in [3.8, 4) is 22.9 Å². The van der Waals surface area contributed by atoms with E-state index >= 15 is 0 Å². The number of nitrogens with zero attached hydrogens (tertiary/aromatic N) is 2. The van der Waals surface area contributed by atoms with Crippen molar-refractivity contribution in [1.82, 2.24) is 9.97 Å². The molecule has 0 saturated heterocycles. The van der Waals surface area contributed by atoms with Crippen LogP contribution in [0.25, 0.3) is 11.4 Å². The second-order valence-corrected chi connectivity index (χ2v) is 5.59. The van der Waals surface area contributed by atoms with Gasteiger partial charge in [0.05, 0.1) is 12.2 Å². The number of aromatic nitrogens is 2. The first kappa shape index (κ1) is 18.1. The van der Waals surface area contributed by atoms with E-state index in [-0.39, 0.29) is 17.1 Å². The van der Waals surface area contributed by atoms with Gasteiger partial charge in [0.1, 0.15) is 0 Å². The molecule has 0 aliphatic carbocycles. The van der Waals surface area contributed by atoms with Crippen molar-refractivity contribution in [2.75, 3.05) is 6.61 Å². The smallest absolute Gasteiger partial charge is 0.205 e. The number of ether oxygens (including phenoxy) is 1. The van der Waals surface area contributed by atoms with Crippen molar-refractivity contribution in [3.63, 3.8) is 0 Å². The average Bonchev–Trinajstić information content (AvgIpc) is 2.61. The maximum Gasteiger partial charge on any atom is 0.205 e. The standard InChI is InChI=1S/C18H22F2N2O2/c1-2-3-4-5-6-7-11-24-14-12-13(15(19)16(20)17(14)23)18-21-9-8-10-22-18/h8-10,12,23H,2-7,11H2,1H3. The highest BCUT2D eigenvalue weighted by molar-refractivity contribution is 5.62. The van der Waals surface area contributed by atoms with Gasteiger partial charge in [-0.3, -0.25) is 0 Å². The molecule has 0 aliphatic heterocycles. The van der Waals surface area contributed by atoms with Gasteiger partial charge in [-0.15, -0.1) is 0 Å². The molecule has 0 bridgehead atoms. The molecular formula is C18H22F2N2O2. The maximum atomic E-state index is 14.0. The van der Waals surface area contributed by atoms with E-state index < -0.39 is 17.4 Å². The zero-order chi connectivity index (χ0) is 17.4. The lowest BCUT2D eigenvalue weighted by Crippen LogP contribution is -2.02. The van der Waals surface area contributed by atoms with Crippen LogP contribution in [0.2, 0.25) is 0 Å². The molecule has 0 saturated carbocycles. The molecule has 0 unspecified atom stereocenters.